The molecule has 2 aliphatic rings. The highest BCUT2D eigenvalue weighted by Gasteiger charge is 2.44. The summed E-state index contributed by atoms with van der Waals surface area (Å²) in [6, 6.07) is 14.7. The van der Waals surface area contributed by atoms with Crippen LogP contribution in [0, 0.1) is 0 Å². The number of piperidine rings is 1. The maximum absolute atomic E-state index is 13.3. The molecule has 1 saturated heterocycles. The second kappa shape index (κ2) is 9.37. The summed E-state index contributed by atoms with van der Waals surface area (Å²) in [6.07, 6.45) is 4.45. The Morgan fingerprint density at radius 3 is 2.61 bits per heavy atom. The number of halogens is 1. The van der Waals surface area contributed by atoms with Crippen LogP contribution >= 0.6 is 11.6 Å². The van der Waals surface area contributed by atoms with Crippen molar-refractivity contribution in [1.82, 2.24) is 9.47 Å². The van der Waals surface area contributed by atoms with Gasteiger partial charge in [0.25, 0.3) is 5.91 Å². The number of ether oxygens (including phenoxy) is 3. The molecule has 0 atom stereocenters. The summed E-state index contributed by atoms with van der Waals surface area (Å²) < 4.78 is 42.4. The number of rotatable bonds is 6. The molecule has 2 aliphatic heterocycles. The van der Waals surface area contributed by atoms with E-state index < -0.39 is 15.4 Å². The van der Waals surface area contributed by atoms with Gasteiger partial charge in [0.15, 0.2) is 26.9 Å². The van der Waals surface area contributed by atoms with E-state index in [4.69, 9.17) is 25.8 Å². The molecule has 0 radical (unpaired) electrons. The second-order valence-corrected chi connectivity index (χ2v) is 11.8. The van der Waals surface area contributed by atoms with Gasteiger partial charge in [-0.15, -0.1) is 0 Å². The van der Waals surface area contributed by atoms with E-state index in [9.17, 15) is 13.2 Å². The molecule has 1 amide bonds. The van der Waals surface area contributed by atoms with Gasteiger partial charge in [-0.25, -0.2) is 8.42 Å². The summed E-state index contributed by atoms with van der Waals surface area (Å²) in [4.78, 5) is 15.1. The molecule has 3 aromatic rings. The number of aromatic nitrogens is 1. The van der Waals surface area contributed by atoms with Crippen molar-refractivity contribution in [3.8, 4) is 22.9 Å². The molecule has 1 aromatic heterocycles. The quantitative estimate of drug-likeness (QED) is 0.477. The zero-order chi connectivity index (χ0) is 25.5. The number of sulfone groups is 1. The zero-order valence-electron chi connectivity index (χ0n) is 20.1. The van der Waals surface area contributed by atoms with Crippen molar-refractivity contribution in [2.75, 3.05) is 38.8 Å². The maximum Gasteiger partial charge on any atom is 0.253 e. The number of carbonyl (C=O) groups is 1. The fourth-order valence-corrected chi connectivity index (χ4v) is 5.38. The van der Waals surface area contributed by atoms with Crippen molar-refractivity contribution in [2.24, 2.45) is 0 Å². The monoisotopic (exact) mass is 530 g/mol. The normalized spacial score (nSPS) is 16.1. The number of nitrogens with zero attached hydrogens (tertiary/aromatic N) is 2. The van der Waals surface area contributed by atoms with Crippen molar-refractivity contribution in [3.05, 3.63) is 71.0 Å². The van der Waals surface area contributed by atoms with Crippen molar-refractivity contribution >= 4 is 27.3 Å². The molecular weight excluding hydrogens is 504 g/mol. The van der Waals surface area contributed by atoms with Gasteiger partial charge in [0.2, 0.25) is 0 Å². The summed E-state index contributed by atoms with van der Waals surface area (Å²) in [5.41, 5.74) is 1.96. The molecule has 0 unspecified atom stereocenters. The van der Waals surface area contributed by atoms with E-state index in [-0.39, 0.29) is 18.3 Å². The van der Waals surface area contributed by atoms with Gasteiger partial charge in [-0.1, -0.05) is 11.6 Å². The van der Waals surface area contributed by atoms with Crippen LogP contribution in [-0.4, -0.2) is 62.6 Å². The van der Waals surface area contributed by atoms with Crippen LogP contribution < -0.4 is 14.2 Å². The van der Waals surface area contributed by atoms with Gasteiger partial charge in [-0.2, -0.15) is 0 Å². The molecule has 3 heterocycles. The number of likely N-dealkylation sites (tertiary alicyclic amines) is 1. The van der Waals surface area contributed by atoms with Crippen LogP contribution in [0.4, 0.5) is 0 Å². The summed E-state index contributed by atoms with van der Waals surface area (Å²) in [6.45, 7) is 1.05. The molecule has 2 aromatic carbocycles. The molecule has 0 aliphatic carbocycles. The molecule has 0 N–H and O–H groups in total. The van der Waals surface area contributed by atoms with Gasteiger partial charge in [0, 0.05) is 55.0 Å². The first-order valence-corrected chi connectivity index (χ1v) is 14.1. The van der Waals surface area contributed by atoms with E-state index in [2.05, 4.69) is 10.6 Å². The van der Waals surface area contributed by atoms with E-state index in [0.717, 1.165) is 23.4 Å². The summed E-state index contributed by atoms with van der Waals surface area (Å²) in [5, 5.41) is 0.616. The average molecular weight is 531 g/mol. The highest BCUT2D eigenvalue weighted by atomic mass is 35.5. The molecule has 0 bridgehead atoms. The summed E-state index contributed by atoms with van der Waals surface area (Å²) >= 11 is 6.23. The van der Waals surface area contributed by atoms with Crippen LogP contribution in [0.25, 0.3) is 5.69 Å². The fraction of sp³-hybridized carbons (Fsp3) is 0.346. The molecule has 190 valence electrons. The van der Waals surface area contributed by atoms with Crippen molar-refractivity contribution < 1.29 is 27.4 Å². The number of fused-ring (bicyclic) bond motifs is 4. The van der Waals surface area contributed by atoms with Crippen molar-refractivity contribution in [1.29, 1.82) is 0 Å². The van der Waals surface area contributed by atoms with Gasteiger partial charge in [-0.3, -0.25) is 4.79 Å². The number of hydrogen-bond acceptors (Lipinski definition) is 6. The number of carbonyl (C=O) groups excluding carboxylic acids is 1. The molecule has 5 rings (SSSR count). The SMILES string of the molecule is COc1cc(C(=O)N2CCC3(CC2)Oc2cc(Cl)ccc2-n2cccc23)ccc1OCCS(C)(=O)=O. The second-order valence-electron chi connectivity index (χ2n) is 9.11. The lowest BCUT2D eigenvalue weighted by Crippen LogP contribution is -2.50. The number of benzene rings is 2. The Kier molecular flexibility index (Phi) is 6.38. The lowest BCUT2D eigenvalue weighted by molar-refractivity contribution is -0.00930. The predicted molar refractivity (Wildman–Crippen MR) is 136 cm³/mol. The molecule has 8 nitrogen and oxygen atoms in total. The molecule has 0 saturated carbocycles. The molecule has 10 heteroatoms. The van der Waals surface area contributed by atoms with Gasteiger partial charge in [0.05, 0.1) is 24.2 Å². The fourth-order valence-electron chi connectivity index (χ4n) is 4.83. The molecular formula is C26H27ClN2O6S. The smallest absolute Gasteiger partial charge is 0.253 e. The van der Waals surface area contributed by atoms with Crippen LogP contribution in [-0.2, 0) is 15.4 Å². The van der Waals surface area contributed by atoms with E-state index in [1.165, 1.54) is 7.11 Å². The average Bonchev–Trinajstić information content (AvgIpc) is 3.35. The van der Waals surface area contributed by atoms with E-state index in [0.29, 0.717) is 48.0 Å². The Morgan fingerprint density at radius 1 is 1.11 bits per heavy atom. The highest BCUT2D eigenvalue weighted by molar-refractivity contribution is 7.90. The Bertz CT molecular complexity index is 1410. The van der Waals surface area contributed by atoms with Crippen LogP contribution in [0.1, 0.15) is 28.9 Å². The number of hydrogen-bond donors (Lipinski definition) is 0. The first-order valence-electron chi connectivity index (χ1n) is 11.6. The Hall–Kier alpha value is -3.17. The minimum absolute atomic E-state index is 0.00671. The molecule has 1 fully saturated rings. The van der Waals surface area contributed by atoms with Crippen molar-refractivity contribution in [2.45, 2.75) is 18.4 Å². The third-order valence-corrected chi connectivity index (χ3v) is 7.83. The maximum atomic E-state index is 13.3. The van der Waals surface area contributed by atoms with Crippen LogP contribution in [0.2, 0.25) is 5.02 Å². The van der Waals surface area contributed by atoms with Crippen LogP contribution in [0.5, 0.6) is 17.2 Å². The van der Waals surface area contributed by atoms with Crippen LogP contribution in [0.15, 0.2) is 54.7 Å². The lowest BCUT2D eigenvalue weighted by Gasteiger charge is -2.45. The van der Waals surface area contributed by atoms with E-state index in [1.54, 1.807) is 18.2 Å². The lowest BCUT2D eigenvalue weighted by atomic mass is 9.86. The number of amides is 1. The summed E-state index contributed by atoms with van der Waals surface area (Å²) in [7, 11) is -1.66. The zero-order valence-corrected chi connectivity index (χ0v) is 21.6. The van der Waals surface area contributed by atoms with Gasteiger partial charge >= 0.3 is 0 Å². The largest absolute Gasteiger partial charge is 0.493 e. The highest BCUT2D eigenvalue weighted by Crippen LogP contribution is 2.46. The van der Waals surface area contributed by atoms with Gasteiger partial charge < -0.3 is 23.7 Å². The standard InChI is InChI=1S/C26H27ClN2O6S/c1-33-23-16-18(5-8-21(23)34-14-15-36(2,31)32)25(30)28-12-9-26(10-13-28)24-4-3-11-29(24)20-7-6-19(27)17-22(20)35-26/h3-8,11,16-17H,9-10,12-15H2,1-2H3. The first kappa shape index (κ1) is 24.5. The van der Waals surface area contributed by atoms with Crippen LogP contribution in [0.3, 0.4) is 0 Å². The van der Waals surface area contributed by atoms with E-state index in [1.807, 2.05) is 35.4 Å². The minimum atomic E-state index is -3.14. The third-order valence-electron chi connectivity index (χ3n) is 6.68. The van der Waals surface area contributed by atoms with Crippen molar-refractivity contribution in [3.63, 3.8) is 0 Å². The first-order chi connectivity index (χ1) is 17.2. The topological polar surface area (TPSA) is 87.1 Å². The Balaban J connectivity index is 1.30. The Morgan fingerprint density at radius 2 is 1.89 bits per heavy atom. The Labute approximate surface area is 215 Å². The molecule has 1 spiro atoms. The van der Waals surface area contributed by atoms with E-state index >= 15 is 0 Å². The van der Waals surface area contributed by atoms with Gasteiger partial charge in [-0.05, 0) is 42.5 Å². The van der Waals surface area contributed by atoms with Gasteiger partial charge in [0.1, 0.15) is 12.4 Å². The summed E-state index contributed by atoms with van der Waals surface area (Å²) in [5.74, 6) is 1.30. The minimum Gasteiger partial charge on any atom is -0.493 e. The molecule has 36 heavy (non-hydrogen) atoms. The third kappa shape index (κ3) is 4.65. The predicted octanol–water partition coefficient (Wildman–Crippen LogP) is 4.09. The number of methoxy groups -OCH3 is 1.